The lowest BCUT2D eigenvalue weighted by Gasteiger charge is -2.01. The maximum atomic E-state index is 4.36. The van der Waals surface area contributed by atoms with Crippen molar-refractivity contribution in [1.29, 1.82) is 0 Å². The Hall–Kier alpha value is -1.38. The Kier molecular flexibility index (Phi) is 1.57. The standard InChI is InChI=1S/C9H11N3/c1-7-3-4-10-8(7)9-11-5-6-12(9)2/h3,5-6H,4H2,1-2H3. The van der Waals surface area contributed by atoms with Gasteiger partial charge >= 0.3 is 0 Å². The fraction of sp³-hybridized carbons (Fsp3) is 0.333. The van der Waals surface area contributed by atoms with Crippen LogP contribution in [0.3, 0.4) is 0 Å². The number of hydrogen-bond acceptors (Lipinski definition) is 2. The summed E-state index contributed by atoms with van der Waals surface area (Å²) in [7, 11) is 1.98. The van der Waals surface area contributed by atoms with Crippen molar-refractivity contribution in [3.63, 3.8) is 0 Å². The number of rotatable bonds is 1. The maximum absolute atomic E-state index is 4.36. The first-order valence-corrected chi connectivity index (χ1v) is 3.98. The van der Waals surface area contributed by atoms with Gasteiger partial charge in [-0.05, 0) is 12.5 Å². The molecule has 1 aromatic rings. The first kappa shape index (κ1) is 7.28. The second-order valence-electron chi connectivity index (χ2n) is 2.94. The zero-order chi connectivity index (χ0) is 8.55. The summed E-state index contributed by atoms with van der Waals surface area (Å²) < 4.78 is 1.99. The number of nitrogens with zero attached hydrogens (tertiary/aromatic N) is 3. The highest BCUT2D eigenvalue weighted by atomic mass is 15.1. The fourth-order valence-corrected chi connectivity index (χ4v) is 1.34. The Morgan fingerprint density at radius 2 is 2.33 bits per heavy atom. The summed E-state index contributed by atoms with van der Waals surface area (Å²) in [6.45, 7) is 2.87. The molecule has 0 bridgehead atoms. The average molecular weight is 161 g/mol. The molecule has 1 aromatic heterocycles. The zero-order valence-electron chi connectivity index (χ0n) is 7.28. The molecule has 0 N–H and O–H groups in total. The van der Waals surface area contributed by atoms with Crippen molar-refractivity contribution in [2.75, 3.05) is 6.54 Å². The van der Waals surface area contributed by atoms with E-state index in [1.54, 1.807) is 6.20 Å². The molecule has 0 radical (unpaired) electrons. The van der Waals surface area contributed by atoms with Crippen molar-refractivity contribution < 1.29 is 0 Å². The number of aliphatic imine (C=N–C) groups is 1. The van der Waals surface area contributed by atoms with Gasteiger partial charge in [0.2, 0.25) is 0 Å². The Morgan fingerprint density at radius 1 is 1.50 bits per heavy atom. The quantitative estimate of drug-likeness (QED) is 0.608. The largest absolute Gasteiger partial charge is 0.333 e. The minimum atomic E-state index is 0.800. The summed E-state index contributed by atoms with van der Waals surface area (Å²) >= 11 is 0. The lowest BCUT2D eigenvalue weighted by molar-refractivity contribution is 0.896. The van der Waals surface area contributed by atoms with Gasteiger partial charge in [0.1, 0.15) is 5.71 Å². The lowest BCUT2D eigenvalue weighted by atomic mass is 10.2. The molecule has 0 unspecified atom stereocenters. The van der Waals surface area contributed by atoms with Crippen molar-refractivity contribution >= 4 is 5.71 Å². The van der Waals surface area contributed by atoms with Gasteiger partial charge in [0, 0.05) is 19.4 Å². The van der Waals surface area contributed by atoms with E-state index in [4.69, 9.17) is 0 Å². The average Bonchev–Trinajstić information content (AvgIpc) is 2.59. The number of allylic oxidation sites excluding steroid dienone is 1. The minimum Gasteiger partial charge on any atom is -0.333 e. The Morgan fingerprint density at radius 3 is 2.83 bits per heavy atom. The van der Waals surface area contributed by atoms with Crippen molar-refractivity contribution in [2.45, 2.75) is 6.92 Å². The molecule has 1 aliphatic heterocycles. The minimum absolute atomic E-state index is 0.800. The lowest BCUT2D eigenvalue weighted by Crippen LogP contribution is -2.07. The van der Waals surface area contributed by atoms with E-state index >= 15 is 0 Å². The van der Waals surface area contributed by atoms with E-state index < -0.39 is 0 Å². The molecule has 3 nitrogen and oxygen atoms in total. The monoisotopic (exact) mass is 161 g/mol. The van der Waals surface area contributed by atoms with Gasteiger partial charge in [0.15, 0.2) is 5.82 Å². The molecule has 0 saturated heterocycles. The highest BCUT2D eigenvalue weighted by molar-refractivity contribution is 6.11. The number of aryl methyl sites for hydroxylation is 1. The van der Waals surface area contributed by atoms with Crippen LogP contribution in [0.5, 0.6) is 0 Å². The van der Waals surface area contributed by atoms with Crippen molar-refractivity contribution in [3.05, 3.63) is 29.9 Å². The van der Waals surface area contributed by atoms with Crippen LogP contribution in [-0.4, -0.2) is 21.8 Å². The van der Waals surface area contributed by atoms with Crippen LogP contribution in [0.15, 0.2) is 29.0 Å². The first-order valence-electron chi connectivity index (χ1n) is 3.98. The molecule has 3 heteroatoms. The van der Waals surface area contributed by atoms with Gasteiger partial charge < -0.3 is 4.57 Å². The third-order valence-electron chi connectivity index (χ3n) is 2.05. The number of aromatic nitrogens is 2. The molecule has 0 spiro atoms. The molecule has 2 heterocycles. The molecular weight excluding hydrogens is 150 g/mol. The van der Waals surface area contributed by atoms with E-state index in [-0.39, 0.29) is 0 Å². The summed E-state index contributed by atoms with van der Waals surface area (Å²) in [5.74, 6) is 0.959. The van der Waals surface area contributed by atoms with E-state index in [0.29, 0.717) is 0 Å². The second-order valence-corrected chi connectivity index (χ2v) is 2.94. The molecule has 0 saturated carbocycles. The van der Waals surface area contributed by atoms with Crippen LogP contribution in [0.25, 0.3) is 0 Å². The van der Waals surface area contributed by atoms with Gasteiger partial charge in [0.25, 0.3) is 0 Å². The summed E-state index contributed by atoms with van der Waals surface area (Å²) in [4.78, 5) is 8.60. The molecule has 0 fully saturated rings. The number of hydrogen-bond donors (Lipinski definition) is 0. The summed E-state index contributed by atoms with van der Waals surface area (Å²) in [5, 5.41) is 0. The molecule has 2 rings (SSSR count). The second kappa shape index (κ2) is 2.59. The van der Waals surface area contributed by atoms with Gasteiger partial charge in [-0.25, -0.2) is 4.98 Å². The number of imidazole rings is 1. The summed E-state index contributed by atoms with van der Waals surface area (Å²) in [6, 6.07) is 0. The van der Waals surface area contributed by atoms with E-state index in [1.807, 2.05) is 17.8 Å². The molecule has 12 heavy (non-hydrogen) atoms. The van der Waals surface area contributed by atoms with Crippen molar-refractivity contribution in [1.82, 2.24) is 9.55 Å². The smallest absolute Gasteiger partial charge is 0.158 e. The molecule has 62 valence electrons. The van der Waals surface area contributed by atoms with Crippen molar-refractivity contribution in [2.24, 2.45) is 12.0 Å². The Balaban J connectivity index is 2.44. The van der Waals surface area contributed by atoms with Crippen molar-refractivity contribution in [3.8, 4) is 0 Å². The Bertz CT molecular complexity index is 358. The van der Waals surface area contributed by atoms with Crippen LogP contribution in [-0.2, 0) is 7.05 Å². The van der Waals surface area contributed by atoms with E-state index in [2.05, 4.69) is 23.0 Å². The fourth-order valence-electron chi connectivity index (χ4n) is 1.34. The van der Waals surface area contributed by atoms with E-state index in [1.165, 1.54) is 5.57 Å². The summed E-state index contributed by atoms with van der Waals surface area (Å²) in [5.41, 5.74) is 2.26. The van der Waals surface area contributed by atoms with Gasteiger partial charge in [-0.1, -0.05) is 6.08 Å². The van der Waals surface area contributed by atoms with Gasteiger partial charge in [0.05, 0.1) is 6.54 Å². The third kappa shape index (κ3) is 0.978. The van der Waals surface area contributed by atoms with E-state index in [9.17, 15) is 0 Å². The molecule has 0 amide bonds. The van der Waals surface area contributed by atoms with Crippen LogP contribution >= 0.6 is 0 Å². The van der Waals surface area contributed by atoms with Crippen LogP contribution in [0.4, 0.5) is 0 Å². The zero-order valence-corrected chi connectivity index (χ0v) is 7.28. The third-order valence-corrected chi connectivity index (χ3v) is 2.05. The topological polar surface area (TPSA) is 30.2 Å². The van der Waals surface area contributed by atoms with Crippen LogP contribution in [0, 0.1) is 0 Å². The molecule has 1 aliphatic rings. The van der Waals surface area contributed by atoms with Gasteiger partial charge in [-0.2, -0.15) is 0 Å². The molecule has 0 aliphatic carbocycles. The van der Waals surface area contributed by atoms with Crippen LogP contribution in [0.2, 0.25) is 0 Å². The maximum Gasteiger partial charge on any atom is 0.158 e. The SMILES string of the molecule is CC1=CCN=C1c1nccn1C. The van der Waals surface area contributed by atoms with Gasteiger partial charge in [-0.15, -0.1) is 0 Å². The van der Waals surface area contributed by atoms with E-state index in [0.717, 1.165) is 18.1 Å². The molecule has 0 atom stereocenters. The van der Waals surface area contributed by atoms with Crippen LogP contribution in [0.1, 0.15) is 12.7 Å². The normalized spacial score (nSPS) is 16.2. The highest BCUT2D eigenvalue weighted by Crippen LogP contribution is 2.11. The summed E-state index contributed by atoms with van der Waals surface area (Å²) in [6.07, 6.45) is 5.84. The highest BCUT2D eigenvalue weighted by Gasteiger charge is 2.13. The first-order chi connectivity index (χ1) is 5.79. The molecular formula is C9H11N3. The predicted molar refractivity (Wildman–Crippen MR) is 48.4 cm³/mol. The Labute approximate surface area is 71.5 Å². The van der Waals surface area contributed by atoms with Crippen LogP contribution < -0.4 is 0 Å². The molecule has 0 aromatic carbocycles. The van der Waals surface area contributed by atoms with Gasteiger partial charge in [-0.3, -0.25) is 4.99 Å². The predicted octanol–water partition coefficient (Wildman–Crippen LogP) is 1.17.